The maximum atomic E-state index is 13.6. The lowest BCUT2D eigenvalue weighted by Gasteiger charge is -2.32. The van der Waals surface area contributed by atoms with Gasteiger partial charge in [0.05, 0.1) is 0 Å². The summed E-state index contributed by atoms with van der Waals surface area (Å²) in [7, 11) is 0. The molecule has 2 rings (SSSR count). The van der Waals surface area contributed by atoms with E-state index >= 15 is 0 Å². The van der Waals surface area contributed by atoms with Crippen molar-refractivity contribution < 1.29 is 27.8 Å². The fourth-order valence-electron chi connectivity index (χ4n) is 2.53. The molecular weight excluding hydrogens is 287 g/mol. The van der Waals surface area contributed by atoms with Crippen molar-refractivity contribution in [2.24, 2.45) is 0 Å². The van der Waals surface area contributed by atoms with Gasteiger partial charge in [0.15, 0.2) is 11.6 Å². The van der Waals surface area contributed by atoms with Crippen LogP contribution < -0.4 is 4.74 Å². The highest BCUT2D eigenvalue weighted by Crippen LogP contribution is 2.24. The molecule has 0 aromatic heterocycles. The van der Waals surface area contributed by atoms with Gasteiger partial charge >= 0.3 is 12.6 Å². The lowest BCUT2D eigenvalue weighted by molar-refractivity contribution is -0.144. The Bertz CT molecular complexity index is 510. The molecule has 0 saturated carbocycles. The Labute approximate surface area is 120 Å². The number of aliphatic carboxylic acids is 1. The van der Waals surface area contributed by atoms with Crippen LogP contribution in [0.3, 0.4) is 0 Å². The fourth-order valence-corrected chi connectivity index (χ4v) is 2.53. The maximum absolute atomic E-state index is 13.6. The Morgan fingerprint density at radius 2 is 2.19 bits per heavy atom. The molecule has 1 atom stereocenters. The summed E-state index contributed by atoms with van der Waals surface area (Å²) in [5, 5.41) is 9.17. The molecule has 1 saturated heterocycles. The molecule has 0 aliphatic carbocycles. The summed E-state index contributed by atoms with van der Waals surface area (Å²) >= 11 is 0. The smallest absolute Gasteiger partial charge is 0.387 e. The lowest BCUT2D eigenvalue weighted by atomic mass is 10.0. The molecule has 0 amide bonds. The lowest BCUT2D eigenvalue weighted by Crippen LogP contribution is -2.44. The number of carboxylic acids is 1. The van der Waals surface area contributed by atoms with Crippen LogP contribution >= 0.6 is 0 Å². The van der Waals surface area contributed by atoms with Crippen LogP contribution in [0.5, 0.6) is 5.75 Å². The van der Waals surface area contributed by atoms with Gasteiger partial charge in [-0.1, -0.05) is 12.5 Å². The number of nitrogens with zero attached hydrogens (tertiary/aromatic N) is 1. The average Bonchev–Trinajstić information content (AvgIpc) is 2.42. The first-order chi connectivity index (χ1) is 9.97. The van der Waals surface area contributed by atoms with Gasteiger partial charge in [-0.05, 0) is 37.1 Å². The average molecular weight is 303 g/mol. The van der Waals surface area contributed by atoms with Gasteiger partial charge in [-0.15, -0.1) is 0 Å². The molecule has 0 radical (unpaired) electrons. The molecule has 1 fully saturated rings. The molecule has 1 aromatic carbocycles. The number of ether oxygens (including phenoxy) is 1. The third-order valence-electron chi connectivity index (χ3n) is 3.50. The molecule has 0 bridgehead atoms. The summed E-state index contributed by atoms with van der Waals surface area (Å²) in [5.74, 6) is -2.29. The third kappa shape index (κ3) is 4.10. The van der Waals surface area contributed by atoms with Gasteiger partial charge in [-0.2, -0.15) is 8.78 Å². The van der Waals surface area contributed by atoms with Crippen molar-refractivity contribution in [2.45, 2.75) is 38.5 Å². The van der Waals surface area contributed by atoms with Crippen LogP contribution in [-0.4, -0.2) is 35.2 Å². The van der Waals surface area contributed by atoms with E-state index in [1.807, 2.05) is 0 Å². The van der Waals surface area contributed by atoms with Crippen molar-refractivity contribution in [2.75, 3.05) is 6.54 Å². The summed E-state index contributed by atoms with van der Waals surface area (Å²) in [6.45, 7) is -2.19. The molecular formula is C14H16F3NO3. The maximum Gasteiger partial charge on any atom is 0.387 e. The summed E-state index contributed by atoms with van der Waals surface area (Å²) < 4.78 is 41.8. The van der Waals surface area contributed by atoms with Crippen LogP contribution in [-0.2, 0) is 11.3 Å². The van der Waals surface area contributed by atoms with E-state index in [4.69, 9.17) is 5.11 Å². The molecule has 1 aliphatic heterocycles. The van der Waals surface area contributed by atoms with E-state index in [1.165, 1.54) is 6.07 Å². The van der Waals surface area contributed by atoms with Gasteiger partial charge in [0.1, 0.15) is 6.04 Å². The minimum absolute atomic E-state index is 0.267. The van der Waals surface area contributed by atoms with Crippen molar-refractivity contribution >= 4 is 5.97 Å². The third-order valence-corrected chi connectivity index (χ3v) is 3.50. The van der Waals surface area contributed by atoms with E-state index in [0.29, 0.717) is 18.5 Å². The fraction of sp³-hybridized carbons (Fsp3) is 0.500. The van der Waals surface area contributed by atoms with E-state index in [-0.39, 0.29) is 6.54 Å². The van der Waals surface area contributed by atoms with Crippen molar-refractivity contribution in [3.8, 4) is 5.75 Å². The van der Waals surface area contributed by atoms with Crippen LogP contribution in [0.4, 0.5) is 13.2 Å². The van der Waals surface area contributed by atoms with E-state index in [9.17, 15) is 18.0 Å². The number of likely N-dealkylation sites (tertiary alicyclic amines) is 1. The molecule has 1 unspecified atom stereocenters. The zero-order valence-electron chi connectivity index (χ0n) is 11.3. The molecule has 4 nitrogen and oxygen atoms in total. The number of piperidine rings is 1. The first kappa shape index (κ1) is 15.6. The number of carbonyl (C=O) groups is 1. The molecule has 116 valence electrons. The Hall–Kier alpha value is -1.76. The number of benzene rings is 1. The molecule has 1 heterocycles. The highest BCUT2D eigenvalue weighted by molar-refractivity contribution is 5.73. The predicted molar refractivity (Wildman–Crippen MR) is 68.7 cm³/mol. The molecule has 1 aliphatic rings. The summed E-state index contributed by atoms with van der Waals surface area (Å²) in [4.78, 5) is 12.9. The van der Waals surface area contributed by atoms with Gasteiger partial charge in [0.25, 0.3) is 0 Å². The van der Waals surface area contributed by atoms with Crippen molar-refractivity contribution in [1.29, 1.82) is 0 Å². The van der Waals surface area contributed by atoms with Crippen LogP contribution in [0.2, 0.25) is 0 Å². The van der Waals surface area contributed by atoms with Gasteiger partial charge in [-0.3, -0.25) is 9.69 Å². The monoisotopic (exact) mass is 303 g/mol. The second-order valence-corrected chi connectivity index (χ2v) is 4.96. The SMILES string of the molecule is O=C(O)C1CCCCN1Cc1ccc(OC(F)F)c(F)c1. The minimum atomic E-state index is -3.08. The summed E-state index contributed by atoms with van der Waals surface area (Å²) in [6.07, 6.45) is 2.30. The van der Waals surface area contributed by atoms with Gasteiger partial charge in [0, 0.05) is 6.54 Å². The zero-order chi connectivity index (χ0) is 15.4. The predicted octanol–water partition coefficient (Wildman–Crippen LogP) is 2.87. The van der Waals surface area contributed by atoms with Gasteiger partial charge < -0.3 is 9.84 Å². The molecule has 1 aromatic rings. The van der Waals surface area contributed by atoms with Gasteiger partial charge in [0.2, 0.25) is 0 Å². The van der Waals surface area contributed by atoms with E-state index in [1.54, 1.807) is 4.90 Å². The summed E-state index contributed by atoms with van der Waals surface area (Å²) in [6, 6.07) is 3.12. The van der Waals surface area contributed by atoms with Crippen molar-refractivity contribution in [3.05, 3.63) is 29.6 Å². The Morgan fingerprint density at radius 1 is 1.43 bits per heavy atom. The molecule has 21 heavy (non-hydrogen) atoms. The van der Waals surface area contributed by atoms with Crippen LogP contribution in [0.1, 0.15) is 24.8 Å². The first-order valence-electron chi connectivity index (χ1n) is 6.67. The Balaban J connectivity index is 2.08. The standard InChI is InChI=1S/C14H16F3NO3/c15-10-7-9(4-5-12(10)21-14(16)17)8-18-6-2-1-3-11(18)13(19)20/h4-5,7,11,14H,1-3,6,8H2,(H,19,20). The number of hydrogen-bond acceptors (Lipinski definition) is 3. The molecule has 0 spiro atoms. The van der Waals surface area contributed by atoms with Gasteiger partial charge in [-0.25, -0.2) is 4.39 Å². The quantitative estimate of drug-likeness (QED) is 0.908. The largest absolute Gasteiger partial charge is 0.480 e. The van der Waals surface area contributed by atoms with Crippen molar-refractivity contribution in [3.63, 3.8) is 0 Å². The number of halogens is 3. The Morgan fingerprint density at radius 3 is 2.81 bits per heavy atom. The van der Waals surface area contributed by atoms with E-state index in [0.717, 1.165) is 25.0 Å². The highest BCUT2D eigenvalue weighted by atomic mass is 19.3. The zero-order valence-corrected chi connectivity index (χ0v) is 11.3. The van der Waals surface area contributed by atoms with Crippen molar-refractivity contribution in [1.82, 2.24) is 4.90 Å². The number of rotatable bonds is 5. The highest BCUT2D eigenvalue weighted by Gasteiger charge is 2.28. The second kappa shape index (κ2) is 6.80. The Kier molecular flexibility index (Phi) is 5.06. The van der Waals surface area contributed by atoms with E-state index < -0.39 is 30.2 Å². The number of carboxylic acid groups (broad SMARTS) is 1. The number of hydrogen-bond donors (Lipinski definition) is 1. The normalized spacial score (nSPS) is 19.7. The molecule has 1 N–H and O–H groups in total. The summed E-state index contributed by atoms with van der Waals surface area (Å²) in [5.41, 5.74) is 0.530. The van der Waals surface area contributed by atoms with Crippen LogP contribution in [0, 0.1) is 5.82 Å². The topological polar surface area (TPSA) is 49.8 Å². The van der Waals surface area contributed by atoms with Crippen LogP contribution in [0.15, 0.2) is 18.2 Å². The first-order valence-corrected chi connectivity index (χ1v) is 6.67. The van der Waals surface area contributed by atoms with E-state index in [2.05, 4.69) is 4.74 Å². The number of alkyl halides is 2. The van der Waals surface area contributed by atoms with Crippen LogP contribution in [0.25, 0.3) is 0 Å². The minimum Gasteiger partial charge on any atom is -0.480 e. The second-order valence-electron chi connectivity index (χ2n) is 4.96. The molecule has 7 heteroatoms.